The molecule has 1 heterocycles. The van der Waals surface area contributed by atoms with E-state index in [2.05, 4.69) is 12.2 Å². The van der Waals surface area contributed by atoms with E-state index in [4.69, 9.17) is 4.74 Å². The van der Waals surface area contributed by atoms with Crippen molar-refractivity contribution in [2.75, 3.05) is 13.2 Å². The minimum Gasteiger partial charge on any atom is -0.481 e. The molecule has 0 aromatic heterocycles. The Hall–Kier alpha value is -1.39. The number of hydrogen-bond acceptors (Lipinski definition) is 3. The summed E-state index contributed by atoms with van der Waals surface area (Å²) in [4.78, 5) is 11.4. The van der Waals surface area contributed by atoms with Crippen LogP contribution in [0.5, 0.6) is 0 Å². The smallest absolute Gasteiger partial charge is 0.312 e. The Morgan fingerprint density at radius 3 is 2.79 bits per heavy atom. The number of rotatable bonds is 6. The van der Waals surface area contributed by atoms with Crippen LogP contribution in [0.2, 0.25) is 0 Å². The molecule has 0 spiro atoms. The zero-order valence-corrected chi connectivity index (χ0v) is 11.2. The van der Waals surface area contributed by atoms with Gasteiger partial charge in [0.05, 0.1) is 12.0 Å². The number of carboxylic acid groups (broad SMARTS) is 1. The van der Waals surface area contributed by atoms with Crippen molar-refractivity contribution in [3.05, 3.63) is 35.9 Å². The van der Waals surface area contributed by atoms with Gasteiger partial charge in [-0.05, 0) is 25.3 Å². The lowest BCUT2D eigenvalue weighted by molar-refractivity contribution is -0.138. The normalized spacial score (nSPS) is 22.1. The molecule has 2 N–H and O–H groups in total. The molecule has 1 aliphatic heterocycles. The van der Waals surface area contributed by atoms with Crippen molar-refractivity contribution in [1.82, 2.24) is 5.32 Å². The van der Waals surface area contributed by atoms with Crippen molar-refractivity contribution < 1.29 is 14.6 Å². The molecule has 1 saturated heterocycles. The van der Waals surface area contributed by atoms with Gasteiger partial charge in [-0.2, -0.15) is 0 Å². The van der Waals surface area contributed by atoms with E-state index >= 15 is 0 Å². The summed E-state index contributed by atoms with van der Waals surface area (Å²) in [5.41, 5.74) is 0.835. The van der Waals surface area contributed by atoms with Crippen LogP contribution in [0, 0.1) is 0 Å². The highest BCUT2D eigenvalue weighted by Crippen LogP contribution is 2.18. The summed E-state index contributed by atoms with van der Waals surface area (Å²) in [5, 5.41) is 12.6. The summed E-state index contributed by atoms with van der Waals surface area (Å²) in [6.45, 7) is 3.30. The summed E-state index contributed by atoms with van der Waals surface area (Å²) in [7, 11) is 0. The maximum Gasteiger partial charge on any atom is 0.312 e. The predicted molar refractivity (Wildman–Crippen MR) is 73.3 cm³/mol. The summed E-state index contributed by atoms with van der Waals surface area (Å²) >= 11 is 0. The third-order valence-electron chi connectivity index (χ3n) is 3.67. The second-order valence-electron chi connectivity index (χ2n) is 5.05. The molecule has 4 heteroatoms. The van der Waals surface area contributed by atoms with Crippen molar-refractivity contribution in [1.29, 1.82) is 0 Å². The quantitative estimate of drug-likeness (QED) is 0.824. The summed E-state index contributed by atoms with van der Waals surface area (Å²) < 4.78 is 5.60. The zero-order chi connectivity index (χ0) is 13.7. The van der Waals surface area contributed by atoms with Crippen molar-refractivity contribution in [3.8, 4) is 0 Å². The van der Waals surface area contributed by atoms with Crippen molar-refractivity contribution in [3.63, 3.8) is 0 Å². The molecule has 2 rings (SSSR count). The van der Waals surface area contributed by atoms with E-state index in [0.717, 1.165) is 25.0 Å². The molecule has 0 amide bonds. The first-order chi connectivity index (χ1) is 9.18. The number of carboxylic acids is 1. The first-order valence-electron chi connectivity index (χ1n) is 6.81. The van der Waals surface area contributed by atoms with Gasteiger partial charge in [0.1, 0.15) is 0 Å². The van der Waals surface area contributed by atoms with Crippen LogP contribution in [-0.2, 0) is 9.53 Å². The molecule has 0 bridgehead atoms. The molecule has 1 fully saturated rings. The summed E-state index contributed by atoms with van der Waals surface area (Å²) in [6, 6.07) is 9.54. The second kappa shape index (κ2) is 6.68. The Labute approximate surface area is 113 Å². The summed E-state index contributed by atoms with van der Waals surface area (Å²) in [5.74, 6) is -1.30. The van der Waals surface area contributed by atoms with Crippen LogP contribution in [0.4, 0.5) is 0 Å². The van der Waals surface area contributed by atoms with Crippen molar-refractivity contribution >= 4 is 5.97 Å². The van der Waals surface area contributed by atoms with E-state index in [-0.39, 0.29) is 12.1 Å². The van der Waals surface area contributed by atoms with Gasteiger partial charge < -0.3 is 15.2 Å². The van der Waals surface area contributed by atoms with E-state index < -0.39 is 11.9 Å². The van der Waals surface area contributed by atoms with Crippen molar-refractivity contribution in [2.45, 2.75) is 37.8 Å². The lowest BCUT2D eigenvalue weighted by atomic mass is 9.98. The molecule has 0 saturated carbocycles. The predicted octanol–water partition coefficient (Wildman–Crippen LogP) is 2.01. The third kappa shape index (κ3) is 3.78. The van der Waals surface area contributed by atoms with Gasteiger partial charge in [0, 0.05) is 19.2 Å². The fourth-order valence-corrected chi connectivity index (χ4v) is 2.47. The van der Waals surface area contributed by atoms with Gasteiger partial charge in [0.2, 0.25) is 0 Å². The van der Waals surface area contributed by atoms with Crippen LogP contribution in [0.3, 0.4) is 0 Å². The van der Waals surface area contributed by atoms with E-state index in [1.807, 2.05) is 30.3 Å². The van der Waals surface area contributed by atoms with Crippen LogP contribution >= 0.6 is 0 Å². The highest BCUT2D eigenvalue weighted by atomic mass is 16.5. The monoisotopic (exact) mass is 263 g/mol. The minimum atomic E-state index is -0.793. The Morgan fingerprint density at radius 1 is 1.47 bits per heavy atom. The Morgan fingerprint density at radius 2 is 2.21 bits per heavy atom. The molecular weight excluding hydrogens is 242 g/mol. The average molecular weight is 263 g/mol. The van der Waals surface area contributed by atoms with Gasteiger partial charge in [-0.3, -0.25) is 4.79 Å². The second-order valence-corrected chi connectivity index (χ2v) is 5.05. The van der Waals surface area contributed by atoms with E-state index in [9.17, 15) is 9.90 Å². The number of ether oxygens (including phenoxy) is 1. The molecule has 1 aliphatic rings. The highest BCUT2D eigenvalue weighted by Gasteiger charge is 2.25. The maximum absolute atomic E-state index is 11.4. The highest BCUT2D eigenvalue weighted by molar-refractivity contribution is 5.76. The minimum absolute atomic E-state index is 0.188. The van der Waals surface area contributed by atoms with E-state index in [0.29, 0.717) is 6.54 Å². The van der Waals surface area contributed by atoms with E-state index in [1.54, 1.807) is 0 Å². The molecule has 19 heavy (non-hydrogen) atoms. The lowest BCUT2D eigenvalue weighted by Gasteiger charge is -2.22. The fraction of sp³-hybridized carbons (Fsp3) is 0.533. The Kier molecular flexibility index (Phi) is 4.93. The first kappa shape index (κ1) is 14.0. The number of nitrogens with one attached hydrogen (secondary N) is 1. The number of benzene rings is 1. The number of carbonyl (C=O) groups is 1. The maximum atomic E-state index is 11.4. The standard InChI is InChI=1S/C15H21NO3/c1-11(14-8-5-9-19-14)16-10-13(15(17)18)12-6-3-2-4-7-12/h2-4,6-7,11,13-14,16H,5,8-10H2,1H3,(H,17,18). The number of aliphatic carboxylic acids is 1. The molecule has 104 valence electrons. The van der Waals surface area contributed by atoms with Gasteiger partial charge in [-0.25, -0.2) is 0 Å². The Balaban J connectivity index is 1.92. The molecule has 3 atom stereocenters. The SMILES string of the molecule is CC(NCC(C(=O)O)c1ccccc1)C1CCCO1. The molecular formula is C15H21NO3. The molecule has 3 unspecified atom stereocenters. The molecule has 0 aliphatic carbocycles. The van der Waals surface area contributed by atoms with Gasteiger partial charge in [-0.15, -0.1) is 0 Å². The van der Waals surface area contributed by atoms with Gasteiger partial charge in [-0.1, -0.05) is 30.3 Å². The fourth-order valence-electron chi connectivity index (χ4n) is 2.47. The lowest BCUT2D eigenvalue weighted by Crippen LogP contribution is -2.40. The van der Waals surface area contributed by atoms with Gasteiger partial charge >= 0.3 is 5.97 Å². The molecule has 1 aromatic rings. The third-order valence-corrected chi connectivity index (χ3v) is 3.67. The molecule has 1 aromatic carbocycles. The molecule has 4 nitrogen and oxygen atoms in total. The zero-order valence-electron chi connectivity index (χ0n) is 11.2. The summed E-state index contributed by atoms with van der Waals surface area (Å²) in [6.07, 6.45) is 2.36. The molecule has 0 radical (unpaired) electrons. The average Bonchev–Trinajstić information content (AvgIpc) is 2.93. The van der Waals surface area contributed by atoms with Gasteiger partial charge in [0.25, 0.3) is 0 Å². The number of hydrogen-bond donors (Lipinski definition) is 2. The van der Waals surface area contributed by atoms with Crippen LogP contribution in [0.25, 0.3) is 0 Å². The Bertz CT molecular complexity index is 401. The first-order valence-corrected chi connectivity index (χ1v) is 6.81. The van der Waals surface area contributed by atoms with Crippen molar-refractivity contribution in [2.24, 2.45) is 0 Å². The van der Waals surface area contributed by atoms with Crippen LogP contribution in [0.1, 0.15) is 31.2 Å². The van der Waals surface area contributed by atoms with Crippen LogP contribution in [-0.4, -0.2) is 36.4 Å². The van der Waals surface area contributed by atoms with E-state index in [1.165, 1.54) is 0 Å². The topological polar surface area (TPSA) is 58.6 Å². The van der Waals surface area contributed by atoms with Crippen LogP contribution < -0.4 is 5.32 Å². The largest absolute Gasteiger partial charge is 0.481 e. The van der Waals surface area contributed by atoms with Crippen LogP contribution in [0.15, 0.2) is 30.3 Å². The van der Waals surface area contributed by atoms with Gasteiger partial charge in [0.15, 0.2) is 0 Å².